The van der Waals surface area contributed by atoms with Crippen molar-refractivity contribution in [2.24, 2.45) is 0 Å². The SMILES string of the molecule is Cc1ccccc1NS(=O)(=O)c1ccc(C(=O)NC2CCCNC2)cc1.Cl. The molecule has 146 valence electrons. The van der Waals surface area contributed by atoms with Crippen molar-refractivity contribution >= 4 is 34.0 Å². The molecule has 2 aromatic carbocycles. The summed E-state index contributed by atoms with van der Waals surface area (Å²) < 4.78 is 27.6. The Morgan fingerprint density at radius 2 is 1.81 bits per heavy atom. The van der Waals surface area contributed by atoms with Crippen molar-refractivity contribution in [2.75, 3.05) is 17.8 Å². The van der Waals surface area contributed by atoms with Crippen molar-refractivity contribution in [2.45, 2.75) is 30.7 Å². The predicted molar refractivity (Wildman–Crippen MR) is 109 cm³/mol. The van der Waals surface area contributed by atoms with Crippen LogP contribution in [-0.2, 0) is 10.0 Å². The van der Waals surface area contributed by atoms with Crippen molar-refractivity contribution in [3.63, 3.8) is 0 Å². The average molecular weight is 410 g/mol. The molecule has 27 heavy (non-hydrogen) atoms. The number of rotatable bonds is 5. The molecule has 2 aromatic rings. The van der Waals surface area contributed by atoms with Crippen LogP contribution in [0.15, 0.2) is 53.4 Å². The Bertz CT molecular complexity index is 879. The smallest absolute Gasteiger partial charge is 0.261 e. The molecule has 0 bridgehead atoms. The molecule has 1 unspecified atom stereocenters. The van der Waals surface area contributed by atoms with Crippen LogP contribution in [0.3, 0.4) is 0 Å². The molecule has 0 radical (unpaired) electrons. The third-order valence-electron chi connectivity index (χ3n) is 4.45. The number of amides is 1. The quantitative estimate of drug-likeness (QED) is 0.708. The molecule has 1 aliphatic rings. The minimum atomic E-state index is -3.70. The van der Waals surface area contributed by atoms with E-state index in [1.54, 1.807) is 12.1 Å². The number of aryl methyl sites for hydroxylation is 1. The molecule has 0 aliphatic carbocycles. The lowest BCUT2D eigenvalue weighted by Crippen LogP contribution is -2.45. The Morgan fingerprint density at radius 1 is 1.11 bits per heavy atom. The minimum absolute atomic E-state index is 0. The zero-order chi connectivity index (χ0) is 18.6. The molecule has 0 saturated carbocycles. The van der Waals surface area contributed by atoms with E-state index in [1.807, 2.05) is 19.1 Å². The summed E-state index contributed by atoms with van der Waals surface area (Å²) in [5.74, 6) is -0.186. The maximum absolute atomic E-state index is 12.5. The van der Waals surface area contributed by atoms with Crippen LogP contribution in [-0.4, -0.2) is 33.5 Å². The highest BCUT2D eigenvalue weighted by atomic mass is 35.5. The van der Waals surface area contributed by atoms with E-state index >= 15 is 0 Å². The van der Waals surface area contributed by atoms with Gasteiger partial charge in [-0.15, -0.1) is 12.4 Å². The molecule has 1 atom stereocenters. The summed E-state index contributed by atoms with van der Waals surface area (Å²) in [7, 11) is -3.70. The van der Waals surface area contributed by atoms with E-state index in [0.29, 0.717) is 11.3 Å². The van der Waals surface area contributed by atoms with Gasteiger partial charge in [0.2, 0.25) is 0 Å². The van der Waals surface area contributed by atoms with Gasteiger partial charge in [0.15, 0.2) is 0 Å². The molecule has 6 nitrogen and oxygen atoms in total. The second-order valence-corrected chi connectivity index (χ2v) is 8.14. The standard InChI is InChI=1S/C19H23N3O3S.ClH/c1-14-5-2-3-7-18(14)22-26(24,25)17-10-8-15(9-11-17)19(23)21-16-6-4-12-20-13-16;/h2-3,5,7-11,16,20,22H,4,6,12-13H2,1H3,(H,21,23);1H. The molecule has 8 heteroatoms. The van der Waals surface area contributed by atoms with Gasteiger partial charge < -0.3 is 10.6 Å². The van der Waals surface area contributed by atoms with Gasteiger partial charge in [-0.3, -0.25) is 9.52 Å². The van der Waals surface area contributed by atoms with Crippen molar-refractivity contribution in [3.05, 3.63) is 59.7 Å². The van der Waals surface area contributed by atoms with E-state index < -0.39 is 10.0 Å². The fraction of sp³-hybridized carbons (Fsp3) is 0.316. The van der Waals surface area contributed by atoms with Gasteiger partial charge in [0.25, 0.3) is 15.9 Å². The Labute approximate surface area is 166 Å². The first-order valence-corrected chi connectivity index (χ1v) is 10.1. The highest BCUT2D eigenvalue weighted by molar-refractivity contribution is 7.92. The number of anilines is 1. The lowest BCUT2D eigenvalue weighted by Gasteiger charge is -2.23. The van der Waals surface area contributed by atoms with Crippen molar-refractivity contribution < 1.29 is 13.2 Å². The van der Waals surface area contributed by atoms with Crippen LogP contribution in [0.1, 0.15) is 28.8 Å². The first kappa shape index (κ1) is 21.2. The van der Waals surface area contributed by atoms with Gasteiger partial charge >= 0.3 is 0 Å². The summed E-state index contributed by atoms with van der Waals surface area (Å²) >= 11 is 0. The number of nitrogens with one attached hydrogen (secondary N) is 3. The minimum Gasteiger partial charge on any atom is -0.348 e. The lowest BCUT2D eigenvalue weighted by molar-refractivity contribution is 0.0930. The fourth-order valence-corrected chi connectivity index (χ4v) is 4.05. The monoisotopic (exact) mass is 409 g/mol. The van der Waals surface area contributed by atoms with E-state index in [0.717, 1.165) is 31.5 Å². The number of hydrogen-bond acceptors (Lipinski definition) is 4. The van der Waals surface area contributed by atoms with Crippen LogP contribution in [0.5, 0.6) is 0 Å². The zero-order valence-corrected chi connectivity index (χ0v) is 16.7. The average Bonchev–Trinajstić information content (AvgIpc) is 2.64. The van der Waals surface area contributed by atoms with Crippen molar-refractivity contribution in [3.8, 4) is 0 Å². The van der Waals surface area contributed by atoms with Gasteiger partial charge in [-0.2, -0.15) is 0 Å². The van der Waals surface area contributed by atoms with Crippen LogP contribution in [0.25, 0.3) is 0 Å². The number of hydrogen-bond donors (Lipinski definition) is 3. The molecule has 0 aromatic heterocycles. The van der Waals surface area contributed by atoms with E-state index in [2.05, 4.69) is 15.4 Å². The summed E-state index contributed by atoms with van der Waals surface area (Å²) in [6.07, 6.45) is 1.98. The molecule has 1 heterocycles. The Kier molecular flexibility index (Phi) is 7.24. The highest BCUT2D eigenvalue weighted by Gasteiger charge is 2.18. The fourth-order valence-electron chi connectivity index (χ4n) is 2.92. The van der Waals surface area contributed by atoms with Crippen LogP contribution in [0.4, 0.5) is 5.69 Å². The van der Waals surface area contributed by atoms with Crippen LogP contribution >= 0.6 is 12.4 Å². The predicted octanol–water partition coefficient (Wildman–Crippen LogP) is 2.70. The third-order valence-corrected chi connectivity index (χ3v) is 5.83. The number of benzene rings is 2. The van der Waals surface area contributed by atoms with Crippen LogP contribution < -0.4 is 15.4 Å². The number of piperidine rings is 1. The molecule has 1 saturated heterocycles. The number of carbonyl (C=O) groups is 1. The summed E-state index contributed by atoms with van der Waals surface area (Å²) in [6, 6.07) is 13.3. The van der Waals surface area contributed by atoms with Gasteiger partial charge in [-0.05, 0) is 62.2 Å². The van der Waals surface area contributed by atoms with Gasteiger partial charge in [0.05, 0.1) is 10.6 Å². The second-order valence-electron chi connectivity index (χ2n) is 6.46. The summed E-state index contributed by atoms with van der Waals surface area (Å²) in [4.78, 5) is 12.4. The molecular formula is C19H24ClN3O3S. The molecule has 1 amide bonds. The molecule has 1 aliphatic heterocycles. The highest BCUT2D eigenvalue weighted by Crippen LogP contribution is 2.19. The summed E-state index contributed by atoms with van der Waals surface area (Å²) in [6.45, 7) is 3.58. The number of para-hydroxylation sites is 1. The number of carbonyl (C=O) groups excluding carboxylic acids is 1. The first-order valence-electron chi connectivity index (χ1n) is 8.66. The lowest BCUT2D eigenvalue weighted by atomic mass is 10.1. The summed E-state index contributed by atoms with van der Waals surface area (Å²) in [5.41, 5.74) is 1.83. The van der Waals surface area contributed by atoms with E-state index in [-0.39, 0.29) is 29.3 Å². The normalized spacial score (nSPS) is 16.9. The van der Waals surface area contributed by atoms with Crippen molar-refractivity contribution in [1.82, 2.24) is 10.6 Å². The van der Waals surface area contributed by atoms with Crippen LogP contribution in [0.2, 0.25) is 0 Å². The van der Waals surface area contributed by atoms with Crippen LogP contribution in [0, 0.1) is 6.92 Å². The maximum atomic E-state index is 12.5. The van der Waals surface area contributed by atoms with Gasteiger partial charge in [-0.1, -0.05) is 18.2 Å². The Balaban J connectivity index is 0.00000261. The van der Waals surface area contributed by atoms with E-state index in [9.17, 15) is 13.2 Å². The van der Waals surface area contributed by atoms with E-state index in [1.165, 1.54) is 24.3 Å². The summed E-state index contributed by atoms with van der Waals surface area (Å²) in [5, 5.41) is 6.22. The zero-order valence-electron chi connectivity index (χ0n) is 15.1. The second kappa shape index (κ2) is 9.21. The Morgan fingerprint density at radius 3 is 2.44 bits per heavy atom. The number of halogens is 1. The molecule has 3 N–H and O–H groups in total. The topological polar surface area (TPSA) is 87.3 Å². The molecular weight excluding hydrogens is 386 g/mol. The van der Waals surface area contributed by atoms with E-state index in [4.69, 9.17) is 0 Å². The van der Waals surface area contributed by atoms with Crippen molar-refractivity contribution in [1.29, 1.82) is 0 Å². The molecule has 1 fully saturated rings. The van der Waals surface area contributed by atoms with Gasteiger partial charge in [-0.25, -0.2) is 8.42 Å². The maximum Gasteiger partial charge on any atom is 0.261 e. The first-order chi connectivity index (χ1) is 12.5. The molecule has 0 spiro atoms. The Hall–Kier alpha value is -2.09. The largest absolute Gasteiger partial charge is 0.348 e. The molecule has 3 rings (SSSR count). The van der Waals surface area contributed by atoms with Gasteiger partial charge in [0.1, 0.15) is 0 Å². The van der Waals surface area contributed by atoms with Gasteiger partial charge in [0, 0.05) is 18.2 Å². The third kappa shape index (κ3) is 5.45. The number of sulfonamides is 1.